The molecule has 0 amide bonds. The van der Waals surface area contributed by atoms with Gasteiger partial charge in [-0.2, -0.15) is 0 Å². The second-order valence-electron chi connectivity index (χ2n) is 12.7. The number of carbonyl (C=O) groups excluding carboxylic acids is 1. The number of hydrogen-bond acceptors (Lipinski definition) is 7. The van der Waals surface area contributed by atoms with E-state index in [-0.39, 0.29) is 0 Å². The topological polar surface area (TPSA) is 213 Å². The Labute approximate surface area is 290 Å². The first-order chi connectivity index (χ1) is 23.3. The van der Waals surface area contributed by atoms with Gasteiger partial charge in [-0.05, 0) is 38.5 Å². The van der Waals surface area contributed by atoms with Crippen LogP contribution in [0.1, 0.15) is 198 Å². The van der Waals surface area contributed by atoms with Crippen LogP contribution in [0.4, 0.5) is 0 Å². The molecule has 0 aromatic heterocycles. The molecule has 0 unspecified atom stereocenters. The standard InChI is InChI=1S/C36H55O12P/c1-4-7-10-13-16-19-22-49(23-20-17-14-11-8-5-2,24-21-18-15-12-9-6-3)48-36(47)30-28(34(43)44)26(32(39)40)25(31(37)38)27(33(41)42)29(30)35(45)46/h4-24H2,1-3H3,(H4-,37,38,39,40,41,42,43,44,45,46)/p+1. The van der Waals surface area contributed by atoms with Crippen LogP contribution in [0.2, 0.25) is 0 Å². The second-order valence-corrected chi connectivity index (χ2v) is 16.3. The minimum atomic E-state index is -2.74. The van der Waals surface area contributed by atoms with Crippen molar-refractivity contribution < 1.29 is 58.8 Å². The Morgan fingerprint density at radius 1 is 0.388 bits per heavy atom. The predicted molar refractivity (Wildman–Crippen MR) is 188 cm³/mol. The van der Waals surface area contributed by atoms with Crippen LogP contribution in [0.3, 0.4) is 0 Å². The fraction of sp³-hybridized carbons (Fsp3) is 0.667. The van der Waals surface area contributed by atoms with Gasteiger partial charge in [0.1, 0.15) is 0 Å². The Balaban J connectivity index is 3.87. The molecule has 0 atom stereocenters. The monoisotopic (exact) mass is 711 g/mol. The van der Waals surface area contributed by atoms with E-state index in [0.717, 1.165) is 96.3 Å². The molecule has 5 N–H and O–H groups in total. The van der Waals surface area contributed by atoms with Crippen LogP contribution in [0.25, 0.3) is 0 Å². The van der Waals surface area contributed by atoms with Gasteiger partial charge in [0.2, 0.25) is 0 Å². The molecular formula is C36H56O12P+. The zero-order chi connectivity index (χ0) is 37.0. The quantitative estimate of drug-likeness (QED) is 0.0406. The fourth-order valence-electron chi connectivity index (χ4n) is 6.26. The highest BCUT2D eigenvalue weighted by Gasteiger charge is 2.46. The third kappa shape index (κ3) is 13.7. The minimum Gasteiger partial charge on any atom is -0.478 e. The highest BCUT2D eigenvalue weighted by atomic mass is 31.2. The Kier molecular flexibility index (Phi) is 20.4. The second kappa shape index (κ2) is 23.0. The lowest BCUT2D eigenvalue weighted by Gasteiger charge is -2.27. The zero-order valence-corrected chi connectivity index (χ0v) is 30.3. The van der Waals surface area contributed by atoms with Gasteiger partial charge in [-0.15, -0.1) is 0 Å². The summed E-state index contributed by atoms with van der Waals surface area (Å²) in [6.07, 6.45) is 18.8. The van der Waals surface area contributed by atoms with Gasteiger partial charge >= 0.3 is 35.8 Å². The van der Waals surface area contributed by atoms with Crippen molar-refractivity contribution in [2.24, 2.45) is 0 Å². The smallest absolute Gasteiger partial charge is 0.382 e. The third-order valence-electron chi connectivity index (χ3n) is 8.81. The summed E-state index contributed by atoms with van der Waals surface area (Å²) in [6.45, 7) is 6.34. The summed E-state index contributed by atoms with van der Waals surface area (Å²) >= 11 is 0. The molecule has 49 heavy (non-hydrogen) atoms. The van der Waals surface area contributed by atoms with E-state index < -0.39 is 76.7 Å². The molecule has 0 aliphatic rings. The minimum absolute atomic E-state index is 0.504. The Bertz CT molecular complexity index is 1200. The summed E-state index contributed by atoms with van der Waals surface area (Å²) in [5.74, 6) is -12.1. The summed E-state index contributed by atoms with van der Waals surface area (Å²) in [7, 11) is -2.74. The van der Waals surface area contributed by atoms with Gasteiger partial charge in [0.25, 0.3) is 0 Å². The first-order valence-electron chi connectivity index (χ1n) is 17.8. The largest absolute Gasteiger partial charge is 0.478 e. The van der Waals surface area contributed by atoms with Gasteiger partial charge in [-0.1, -0.05) is 97.8 Å². The average Bonchev–Trinajstić information content (AvgIpc) is 3.04. The van der Waals surface area contributed by atoms with Crippen molar-refractivity contribution in [2.75, 3.05) is 18.5 Å². The van der Waals surface area contributed by atoms with Crippen molar-refractivity contribution >= 4 is 43.3 Å². The van der Waals surface area contributed by atoms with Crippen LogP contribution in [0, 0.1) is 0 Å². The summed E-state index contributed by atoms with van der Waals surface area (Å²) in [6, 6.07) is 0. The number of carboxylic acids is 5. The van der Waals surface area contributed by atoms with Crippen molar-refractivity contribution in [1.82, 2.24) is 0 Å². The average molecular weight is 712 g/mol. The van der Waals surface area contributed by atoms with Crippen LogP contribution in [-0.4, -0.2) is 79.8 Å². The normalized spacial score (nSPS) is 11.3. The van der Waals surface area contributed by atoms with Crippen LogP contribution < -0.4 is 0 Å². The van der Waals surface area contributed by atoms with Crippen molar-refractivity contribution in [1.29, 1.82) is 0 Å². The first-order valence-corrected chi connectivity index (χ1v) is 20.1. The number of hydrogen-bond donors (Lipinski definition) is 5. The van der Waals surface area contributed by atoms with Crippen molar-refractivity contribution in [2.45, 2.75) is 136 Å². The van der Waals surface area contributed by atoms with Crippen LogP contribution in [0.5, 0.6) is 0 Å². The summed E-state index contributed by atoms with van der Waals surface area (Å²) in [4.78, 5) is 76.0. The number of unbranched alkanes of at least 4 members (excludes halogenated alkanes) is 15. The highest BCUT2D eigenvalue weighted by Crippen LogP contribution is 2.62. The van der Waals surface area contributed by atoms with E-state index in [2.05, 4.69) is 20.8 Å². The molecule has 0 aliphatic heterocycles. The highest BCUT2D eigenvalue weighted by molar-refractivity contribution is 7.71. The van der Waals surface area contributed by atoms with Crippen molar-refractivity contribution in [3.8, 4) is 0 Å². The van der Waals surface area contributed by atoms with Crippen LogP contribution >= 0.6 is 7.49 Å². The molecule has 1 aromatic carbocycles. The molecule has 0 saturated carbocycles. The van der Waals surface area contributed by atoms with Gasteiger partial charge in [-0.25, -0.2) is 28.8 Å². The number of benzene rings is 1. The third-order valence-corrected chi connectivity index (χ3v) is 12.8. The molecule has 0 spiro atoms. The lowest BCUT2D eigenvalue weighted by Crippen LogP contribution is -2.29. The molecule has 0 heterocycles. The van der Waals surface area contributed by atoms with E-state index in [1.807, 2.05) is 0 Å². The molecule has 1 aromatic rings. The van der Waals surface area contributed by atoms with Gasteiger partial charge < -0.3 is 30.1 Å². The van der Waals surface area contributed by atoms with Crippen LogP contribution in [0.15, 0.2) is 0 Å². The fourth-order valence-corrected chi connectivity index (χ4v) is 10.0. The first kappa shape index (κ1) is 43.5. The van der Waals surface area contributed by atoms with E-state index in [1.54, 1.807) is 0 Å². The molecule has 13 heteroatoms. The molecule has 1 rings (SSSR count). The number of rotatable bonds is 28. The maximum absolute atomic E-state index is 14.2. The molecule has 0 saturated heterocycles. The van der Waals surface area contributed by atoms with Gasteiger partial charge in [0.15, 0.2) is 7.49 Å². The van der Waals surface area contributed by atoms with Gasteiger partial charge in [0.05, 0.1) is 51.9 Å². The lowest BCUT2D eigenvalue weighted by molar-refractivity contribution is 0.0598. The van der Waals surface area contributed by atoms with Gasteiger partial charge in [0, 0.05) is 0 Å². The Morgan fingerprint density at radius 3 is 0.857 bits per heavy atom. The maximum atomic E-state index is 14.2. The maximum Gasteiger partial charge on any atom is 0.382 e. The number of carboxylic acid groups (broad SMARTS) is 5. The Hall–Kier alpha value is -3.53. The zero-order valence-electron chi connectivity index (χ0n) is 29.4. The molecule has 276 valence electrons. The Morgan fingerprint density at radius 2 is 0.612 bits per heavy atom. The lowest BCUT2D eigenvalue weighted by atomic mass is 9.86. The molecule has 0 aliphatic carbocycles. The van der Waals surface area contributed by atoms with E-state index >= 15 is 0 Å². The SMILES string of the molecule is CCCCCCCC[P+](CCCCCCCC)(CCCCCCCC)OC(=O)c1c(C(=O)O)c(C(=O)O)c(C(=O)O)c(C(=O)O)c1C(=O)O. The molecule has 12 nitrogen and oxygen atoms in total. The summed E-state index contributed by atoms with van der Waals surface area (Å²) in [5.41, 5.74) is -8.65. The van der Waals surface area contributed by atoms with E-state index in [4.69, 9.17) is 4.52 Å². The predicted octanol–water partition coefficient (Wildman–Crippen LogP) is 9.35. The number of aromatic carboxylic acids is 5. The van der Waals surface area contributed by atoms with Gasteiger partial charge in [-0.3, -0.25) is 0 Å². The van der Waals surface area contributed by atoms with E-state index in [0.29, 0.717) is 37.7 Å². The summed E-state index contributed by atoms with van der Waals surface area (Å²) in [5, 5.41) is 49.9. The van der Waals surface area contributed by atoms with E-state index in [9.17, 15) is 54.3 Å². The number of carbonyl (C=O) groups is 6. The van der Waals surface area contributed by atoms with Crippen molar-refractivity contribution in [3.63, 3.8) is 0 Å². The van der Waals surface area contributed by atoms with Crippen molar-refractivity contribution in [3.05, 3.63) is 33.4 Å². The molecular weight excluding hydrogens is 655 g/mol. The summed E-state index contributed by atoms with van der Waals surface area (Å²) < 4.78 is 6.27. The molecule has 0 fully saturated rings. The van der Waals surface area contributed by atoms with Crippen LogP contribution in [-0.2, 0) is 4.52 Å². The van der Waals surface area contributed by atoms with E-state index in [1.165, 1.54) is 0 Å². The molecule has 0 radical (unpaired) electrons. The molecule has 0 bridgehead atoms.